The van der Waals surface area contributed by atoms with E-state index >= 15 is 0 Å². The van der Waals surface area contributed by atoms with E-state index < -0.39 is 5.54 Å². The lowest BCUT2D eigenvalue weighted by molar-refractivity contribution is -0.123. The molecule has 0 fully saturated rings. The minimum absolute atomic E-state index is 0.174. The third-order valence-electron chi connectivity index (χ3n) is 2.85. The first-order valence-electron chi connectivity index (χ1n) is 6.19. The molecular weight excluding hydrogens is 214 g/mol. The molecule has 0 saturated carbocycles. The molecular formula is C13H23N3O. The Hall–Kier alpha value is -1.16. The lowest BCUT2D eigenvalue weighted by atomic mass is 9.95. The number of hydrogen-bond acceptors (Lipinski definition) is 3. The molecule has 1 N–H and O–H groups in total. The highest BCUT2D eigenvalue weighted by atomic mass is 16.1. The summed E-state index contributed by atoms with van der Waals surface area (Å²) in [6.07, 6.45) is 2.31. The molecule has 0 bridgehead atoms. The van der Waals surface area contributed by atoms with E-state index in [1.54, 1.807) is 0 Å². The van der Waals surface area contributed by atoms with E-state index in [9.17, 15) is 4.79 Å². The van der Waals surface area contributed by atoms with Crippen molar-refractivity contribution in [3.05, 3.63) is 18.0 Å². The van der Waals surface area contributed by atoms with Gasteiger partial charge in [-0.25, -0.2) is 0 Å². The van der Waals surface area contributed by atoms with Crippen molar-refractivity contribution in [3.8, 4) is 0 Å². The van der Waals surface area contributed by atoms with Crippen molar-refractivity contribution >= 4 is 5.78 Å². The van der Waals surface area contributed by atoms with Gasteiger partial charge in [0.05, 0.1) is 17.7 Å². The van der Waals surface area contributed by atoms with Crippen molar-refractivity contribution in [2.75, 3.05) is 6.54 Å². The zero-order valence-electron chi connectivity index (χ0n) is 11.4. The maximum atomic E-state index is 12.1. The number of carbonyl (C=O) groups excluding carboxylic acids is 1. The topological polar surface area (TPSA) is 46.9 Å². The first kappa shape index (κ1) is 13.9. The number of nitrogens with one attached hydrogen (secondary N) is 1. The van der Waals surface area contributed by atoms with Gasteiger partial charge in [-0.2, -0.15) is 5.10 Å². The van der Waals surface area contributed by atoms with Crippen LogP contribution in [0.2, 0.25) is 0 Å². The highest BCUT2D eigenvalue weighted by Gasteiger charge is 2.26. The van der Waals surface area contributed by atoms with E-state index in [0.717, 1.165) is 12.2 Å². The largest absolute Gasteiger partial charge is 0.306 e. The minimum Gasteiger partial charge on any atom is -0.306 e. The molecule has 0 aliphatic heterocycles. The van der Waals surface area contributed by atoms with Crippen LogP contribution in [-0.2, 0) is 11.2 Å². The van der Waals surface area contributed by atoms with Crippen molar-refractivity contribution < 1.29 is 4.79 Å². The fourth-order valence-electron chi connectivity index (χ4n) is 1.69. The van der Waals surface area contributed by atoms with Gasteiger partial charge in [0.2, 0.25) is 0 Å². The standard InChI is InChI=1S/C13H23N3O/c1-6-14-13(4,5)12(17)9-11-7-8-16(15-11)10(2)3/h7-8,10,14H,6,9H2,1-5H3. The van der Waals surface area contributed by atoms with Crippen LogP contribution in [0.4, 0.5) is 0 Å². The van der Waals surface area contributed by atoms with E-state index in [4.69, 9.17) is 0 Å². The summed E-state index contributed by atoms with van der Waals surface area (Å²) in [5, 5.41) is 7.58. The average molecular weight is 237 g/mol. The van der Waals surface area contributed by atoms with Gasteiger partial charge < -0.3 is 5.32 Å². The van der Waals surface area contributed by atoms with Gasteiger partial charge >= 0.3 is 0 Å². The third-order valence-corrected chi connectivity index (χ3v) is 2.85. The smallest absolute Gasteiger partial charge is 0.158 e. The van der Waals surface area contributed by atoms with Crippen molar-refractivity contribution in [2.24, 2.45) is 0 Å². The molecule has 0 amide bonds. The molecule has 4 heteroatoms. The van der Waals surface area contributed by atoms with E-state index in [1.165, 1.54) is 0 Å². The lowest BCUT2D eigenvalue weighted by Crippen LogP contribution is -2.47. The molecule has 0 aliphatic carbocycles. The Morgan fingerprint density at radius 1 is 1.53 bits per heavy atom. The summed E-state index contributed by atoms with van der Waals surface area (Å²) in [5.74, 6) is 0.174. The van der Waals surface area contributed by atoms with Crippen LogP contribution in [0.25, 0.3) is 0 Å². The number of Topliss-reactive ketones (excluding diaryl/α,β-unsaturated/α-hetero) is 1. The van der Waals surface area contributed by atoms with Gasteiger partial charge in [0.15, 0.2) is 5.78 Å². The fraction of sp³-hybridized carbons (Fsp3) is 0.692. The molecule has 17 heavy (non-hydrogen) atoms. The first-order valence-corrected chi connectivity index (χ1v) is 6.19. The van der Waals surface area contributed by atoms with Gasteiger partial charge in [-0.05, 0) is 40.3 Å². The summed E-state index contributed by atoms with van der Waals surface area (Å²) >= 11 is 0. The normalized spacial score (nSPS) is 12.1. The maximum absolute atomic E-state index is 12.1. The van der Waals surface area contributed by atoms with Crippen molar-refractivity contribution in [1.82, 2.24) is 15.1 Å². The zero-order chi connectivity index (χ0) is 13.1. The highest BCUT2D eigenvalue weighted by molar-refractivity contribution is 5.89. The highest BCUT2D eigenvalue weighted by Crippen LogP contribution is 2.10. The van der Waals surface area contributed by atoms with E-state index in [0.29, 0.717) is 12.5 Å². The van der Waals surface area contributed by atoms with Crippen LogP contribution in [0, 0.1) is 0 Å². The Morgan fingerprint density at radius 2 is 2.18 bits per heavy atom. The summed E-state index contributed by atoms with van der Waals surface area (Å²) in [4.78, 5) is 12.1. The fourth-order valence-corrected chi connectivity index (χ4v) is 1.69. The van der Waals surface area contributed by atoms with Crippen LogP contribution in [-0.4, -0.2) is 27.6 Å². The van der Waals surface area contributed by atoms with Crippen LogP contribution >= 0.6 is 0 Å². The van der Waals surface area contributed by atoms with Crippen molar-refractivity contribution in [1.29, 1.82) is 0 Å². The van der Waals surface area contributed by atoms with Crippen LogP contribution < -0.4 is 5.32 Å². The Morgan fingerprint density at radius 3 is 2.65 bits per heavy atom. The summed E-state index contributed by atoms with van der Waals surface area (Å²) < 4.78 is 1.88. The van der Waals surface area contributed by atoms with E-state index in [2.05, 4.69) is 24.3 Å². The number of nitrogens with zero attached hydrogens (tertiary/aromatic N) is 2. The predicted octanol–water partition coefficient (Wildman–Crippen LogP) is 1.96. The van der Waals surface area contributed by atoms with E-state index in [-0.39, 0.29) is 5.78 Å². The molecule has 0 spiro atoms. The summed E-state index contributed by atoms with van der Waals surface area (Å²) in [6, 6.07) is 2.25. The first-order chi connectivity index (χ1) is 7.86. The number of hydrogen-bond donors (Lipinski definition) is 1. The second-order valence-corrected chi connectivity index (χ2v) is 5.14. The van der Waals surface area contributed by atoms with Gasteiger partial charge in [-0.15, -0.1) is 0 Å². The van der Waals surface area contributed by atoms with Gasteiger partial charge in [0.1, 0.15) is 0 Å². The third kappa shape index (κ3) is 3.66. The Bertz CT molecular complexity index is 380. The van der Waals surface area contributed by atoms with Crippen molar-refractivity contribution in [2.45, 2.75) is 52.6 Å². The monoisotopic (exact) mass is 237 g/mol. The van der Waals surface area contributed by atoms with Crippen LogP contribution in [0.1, 0.15) is 46.4 Å². The van der Waals surface area contributed by atoms with Crippen LogP contribution in [0.15, 0.2) is 12.3 Å². The Kier molecular flexibility index (Phi) is 4.46. The quantitative estimate of drug-likeness (QED) is 0.822. The van der Waals surface area contributed by atoms with Gasteiger partial charge in [-0.1, -0.05) is 6.92 Å². The molecule has 0 aliphatic rings. The molecule has 96 valence electrons. The molecule has 0 saturated heterocycles. The molecule has 1 heterocycles. The SMILES string of the molecule is CCNC(C)(C)C(=O)Cc1ccn(C(C)C)n1. The second kappa shape index (κ2) is 5.45. The summed E-state index contributed by atoms with van der Waals surface area (Å²) in [7, 11) is 0. The van der Waals surface area contributed by atoms with Gasteiger partial charge in [0.25, 0.3) is 0 Å². The average Bonchev–Trinajstić information content (AvgIpc) is 2.66. The summed E-state index contributed by atoms with van der Waals surface area (Å²) in [6.45, 7) is 10.8. The number of likely N-dealkylation sites (N-methyl/N-ethyl adjacent to an activating group) is 1. The van der Waals surface area contributed by atoms with Gasteiger partial charge in [0, 0.05) is 12.2 Å². The summed E-state index contributed by atoms with van der Waals surface area (Å²) in [5.41, 5.74) is 0.366. The lowest BCUT2D eigenvalue weighted by Gasteiger charge is -2.23. The molecule has 0 aromatic carbocycles. The van der Waals surface area contributed by atoms with Crippen LogP contribution in [0.3, 0.4) is 0 Å². The number of rotatable bonds is 6. The number of aromatic nitrogens is 2. The Labute approximate surface area is 103 Å². The second-order valence-electron chi connectivity index (χ2n) is 5.14. The predicted molar refractivity (Wildman–Crippen MR) is 69.1 cm³/mol. The molecule has 1 aromatic heterocycles. The zero-order valence-corrected chi connectivity index (χ0v) is 11.4. The molecule has 4 nitrogen and oxygen atoms in total. The minimum atomic E-state index is -0.476. The van der Waals surface area contributed by atoms with Crippen molar-refractivity contribution in [3.63, 3.8) is 0 Å². The molecule has 0 atom stereocenters. The molecule has 0 radical (unpaired) electrons. The molecule has 1 aromatic rings. The number of carbonyl (C=O) groups is 1. The van der Waals surface area contributed by atoms with E-state index in [1.807, 2.05) is 37.7 Å². The molecule has 1 rings (SSSR count). The number of ketones is 1. The Balaban J connectivity index is 2.67. The van der Waals surface area contributed by atoms with Crippen LogP contribution in [0.5, 0.6) is 0 Å². The molecule has 0 unspecified atom stereocenters. The van der Waals surface area contributed by atoms with Gasteiger partial charge in [-0.3, -0.25) is 9.48 Å². The maximum Gasteiger partial charge on any atom is 0.158 e.